The molecular weight excluding hydrogens is 236 g/mol. The summed E-state index contributed by atoms with van der Waals surface area (Å²) in [6.45, 7) is 14.5. The minimum atomic E-state index is -0.147. The van der Waals surface area contributed by atoms with E-state index in [0.717, 1.165) is 22.2 Å². The number of hydrogen-bond donors (Lipinski definition) is 0. The van der Waals surface area contributed by atoms with Gasteiger partial charge in [0.2, 0.25) is 0 Å². The molecule has 0 radical (unpaired) electrons. The topological polar surface area (TPSA) is 34.9 Å². The number of hydrogen-bond acceptors (Lipinski definition) is 2. The maximum Gasteiger partial charge on any atom is 0.348 e. The quantitative estimate of drug-likeness (QED) is 0.784. The van der Waals surface area contributed by atoms with Crippen LogP contribution in [0.25, 0.3) is 10.9 Å². The summed E-state index contributed by atoms with van der Waals surface area (Å²) in [5, 5.41) is 1.13. The van der Waals surface area contributed by atoms with Crippen LogP contribution in [0.3, 0.4) is 0 Å². The fourth-order valence-corrected chi connectivity index (χ4v) is 2.90. The Morgan fingerprint density at radius 1 is 0.895 bits per heavy atom. The summed E-state index contributed by atoms with van der Waals surface area (Å²) in [5.74, 6) is 0. The van der Waals surface area contributed by atoms with Gasteiger partial charge in [0.15, 0.2) is 0 Å². The van der Waals surface area contributed by atoms with E-state index >= 15 is 0 Å². The number of aryl methyl sites for hydroxylation is 3. The van der Waals surface area contributed by atoms with E-state index in [1.165, 1.54) is 16.7 Å². The molecule has 1 aromatic heterocycles. The molecule has 0 amide bonds. The molecule has 2 rings (SSSR count). The average Bonchev–Trinajstić information content (AvgIpc) is 2.32. The summed E-state index contributed by atoms with van der Waals surface area (Å²) < 4.78 is 1.78. The van der Waals surface area contributed by atoms with Crippen LogP contribution in [0.5, 0.6) is 0 Å². The molecule has 3 heteroatoms. The van der Waals surface area contributed by atoms with Gasteiger partial charge in [-0.15, -0.1) is 0 Å². The van der Waals surface area contributed by atoms with Crippen LogP contribution in [0.1, 0.15) is 47.8 Å². The van der Waals surface area contributed by atoms with Crippen LogP contribution in [0.15, 0.2) is 4.79 Å². The molecule has 0 aliphatic rings. The first-order valence-electron chi connectivity index (χ1n) is 6.76. The SMILES string of the molecule is Cc1c(C)c(C)c2c(C)n(C(C)C)c(=O)nc2c1C. The first-order chi connectivity index (χ1) is 8.77. The lowest BCUT2D eigenvalue weighted by Gasteiger charge is -2.19. The Hall–Kier alpha value is -1.64. The molecule has 19 heavy (non-hydrogen) atoms. The van der Waals surface area contributed by atoms with Gasteiger partial charge in [-0.3, -0.25) is 4.57 Å². The lowest BCUT2D eigenvalue weighted by molar-refractivity contribution is 0.554. The van der Waals surface area contributed by atoms with Crippen molar-refractivity contribution >= 4 is 10.9 Å². The molecule has 1 heterocycles. The highest BCUT2D eigenvalue weighted by Crippen LogP contribution is 2.29. The van der Waals surface area contributed by atoms with Gasteiger partial charge in [0.1, 0.15) is 0 Å². The molecule has 102 valence electrons. The average molecular weight is 258 g/mol. The van der Waals surface area contributed by atoms with Crippen LogP contribution in [-0.2, 0) is 0 Å². The van der Waals surface area contributed by atoms with E-state index in [4.69, 9.17) is 0 Å². The molecule has 0 atom stereocenters. The molecular formula is C16H22N2O. The second kappa shape index (κ2) is 4.48. The van der Waals surface area contributed by atoms with Gasteiger partial charge in [0.25, 0.3) is 0 Å². The lowest BCUT2D eigenvalue weighted by atomic mass is 9.94. The highest BCUT2D eigenvalue weighted by molar-refractivity contribution is 5.89. The summed E-state index contributed by atoms with van der Waals surface area (Å²) >= 11 is 0. The Bertz CT molecular complexity index is 724. The number of nitrogens with zero attached hydrogens (tertiary/aromatic N) is 2. The van der Waals surface area contributed by atoms with Gasteiger partial charge in [-0.2, -0.15) is 4.98 Å². The smallest absolute Gasteiger partial charge is 0.293 e. The van der Waals surface area contributed by atoms with E-state index in [1.54, 1.807) is 4.57 Å². The van der Waals surface area contributed by atoms with E-state index < -0.39 is 0 Å². The fraction of sp³-hybridized carbons (Fsp3) is 0.500. The van der Waals surface area contributed by atoms with Crippen molar-refractivity contribution in [2.75, 3.05) is 0 Å². The Labute approximate surface area is 114 Å². The molecule has 1 aromatic carbocycles. The van der Waals surface area contributed by atoms with Crippen molar-refractivity contribution in [2.45, 2.75) is 54.5 Å². The molecule has 0 N–H and O–H groups in total. The highest BCUT2D eigenvalue weighted by Gasteiger charge is 2.16. The normalized spacial score (nSPS) is 11.6. The van der Waals surface area contributed by atoms with E-state index in [0.29, 0.717) is 0 Å². The lowest BCUT2D eigenvalue weighted by Crippen LogP contribution is -2.27. The van der Waals surface area contributed by atoms with Gasteiger partial charge in [-0.05, 0) is 70.7 Å². The molecule has 0 unspecified atom stereocenters. The van der Waals surface area contributed by atoms with Crippen molar-refractivity contribution in [1.82, 2.24) is 9.55 Å². The number of rotatable bonds is 1. The number of aromatic nitrogens is 2. The molecule has 0 fully saturated rings. The van der Waals surface area contributed by atoms with E-state index in [2.05, 4.69) is 32.7 Å². The second-order valence-electron chi connectivity index (χ2n) is 5.67. The molecule has 0 aliphatic carbocycles. The third kappa shape index (κ3) is 1.88. The third-order valence-corrected chi connectivity index (χ3v) is 4.31. The standard InChI is InChI=1S/C16H22N2O/c1-8(2)18-13(7)14-11(5)9(3)10(4)12(6)15(14)17-16(18)19/h8H,1-7H3. The van der Waals surface area contributed by atoms with Crippen LogP contribution in [0.2, 0.25) is 0 Å². The second-order valence-corrected chi connectivity index (χ2v) is 5.67. The Balaban J connectivity index is 3.11. The minimum absolute atomic E-state index is 0.130. The zero-order valence-electron chi connectivity index (χ0n) is 12.9. The number of benzene rings is 1. The van der Waals surface area contributed by atoms with Gasteiger partial charge in [0, 0.05) is 17.1 Å². The third-order valence-electron chi connectivity index (χ3n) is 4.31. The van der Waals surface area contributed by atoms with Crippen molar-refractivity contribution in [3.8, 4) is 0 Å². The molecule has 0 spiro atoms. The zero-order chi connectivity index (χ0) is 14.5. The van der Waals surface area contributed by atoms with Crippen LogP contribution in [-0.4, -0.2) is 9.55 Å². The molecule has 0 saturated carbocycles. The maximum absolute atomic E-state index is 12.2. The van der Waals surface area contributed by atoms with Crippen LogP contribution >= 0.6 is 0 Å². The summed E-state index contributed by atoms with van der Waals surface area (Å²) in [4.78, 5) is 16.5. The largest absolute Gasteiger partial charge is 0.348 e. The molecule has 2 aromatic rings. The summed E-state index contributed by atoms with van der Waals surface area (Å²) in [5.41, 5.74) is 6.62. The van der Waals surface area contributed by atoms with E-state index in [1.807, 2.05) is 20.8 Å². The van der Waals surface area contributed by atoms with Gasteiger partial charge < -0.3 is 0 Å². The minimum Gasteiger partial charge on any atom is -0.293 e. The highest BCUT2D eigenvalue weighted by atomic mass is 16.1. The van der Waals surface area contributed by atoms with Gasteiger partial charge in [-0.1, -0.05) is 0 Å². The predicted octanol–water partition coefficient (Wildman–Crippen LogP) is 3.52. The summed E-state index contributed by atoms with van der Waals surface area (Å²) in [7, 11) is 0. The first-order valence-corrected chi connectivity index (χ1v) is 6.76. The Kier molecular flexibility index (Phi) is 3.25. The van der Waals surface area contributed by atoms with Crippen molar-refractivity contribution in [3.05, 3.63) is 38.4 Å². The Morgan fingerprint density at radius 2 is 1.42 bits per heavy atom. The van der Waals surface area contributed by atoms with Crippen molar-refractivity contribution in [3.63, 3.8) is 0 Å². The van der Waals surface area contributed by atoms with Crippen molar-refractivity contribution in [1.29, 1.82) is 0 Å². The predicted molar refractivity (Wildman–Crippen MR) is 80.1 cm³/mol. The molecule has 3 nitrogen and oxygen atoms in total. The zero-order valence-corrected chi connectivity index (χ0v) is 12.9. The Morgan fingerprint density at radius 3 is 1.95 bits per heavy atom. The van der Waals surface area contributed by atoms with Crippen molar-refractivity contribution in [2.24, 2.45) is 0 Å². The number of fused-ring (bicyclic) bond motifs is 1. The van der Waals surface area contributed by atoms with Gasteiger partial charge in [0.05, 0.1) is 5.52 Å². The van der Waals surface area contributed by atoms with Crippen LogP contribution < -0.4 is 5.69 Å². The van der Waals surface area contributed by atoms with Gasteiger partial charge in [-0.25, -0.2) is 4.79 Å². The van der Waals surface area contributed by atoms with Gasteiger partial charge >= 0.3 is 5.69 Å². The first kappa shape index (κ1) is 13.8. The molecule has 0 aliphatic heterocycles. The van der Waals surface area contributed by atoms with Crippen LogP contribution in [0, 0.1) is 34.6 Å². The van der Waals surface area contributed by atoms with E-state index in [9.17, 15) is 4.79 Å². The summed E-state index contributed by atoms with van der Waals surface area (Å²) in [6, 6.07) is 0.130. The maximum atomic E-state index is 12.2. The van der Waals surface area contributed by atoms with Crippen molar-refractivity contribution < 1.29 is 0 Å². The molecule has 0 saturated heterocycles. The van der Waals surface area contributed by atoms with Crippen LogP contribution in [0.4, 0.5) is 0 Å². The summed E-state index contributed by atoms with van der Waals surface area (Å²) in [6.07, 6.45) is 0. The monoisotopic (exact) mass is 258 g/mol. The van der Waals surface area contributed by atoms with E-state index in [-0.39, 0.29) is 11.7 Å². The fourth-order valence-electron chi connectivity index (χ4n) is 2.90. The molecule has 0 bridgehead atoms.